The minimum atomic E-state index is -3.00. The van der Waals surface area contributed by atoms with Gasteiger partial charge in [-0.3, -0.25) is 0 Å². The van der Waals surface area contributed by atoms with Gasteiger partial charge in [0.25, 0.3) is 0 Å². The van der Waals surface area contributed by atoms with Crippen LogP contribution in [0, 0.1) is 11.8 Å². The van der Waals surface area contributed by atoms with Crippen LogP contribution in [-0.4, -0.2) is 31.5 Å². The Morgan fingerprint density at radius 2 is 1.61 bits per heavy atom. The van der Waals surface area contributed by atoms with Gasteiger partial charge in [-0.25, -0.2) is 8.42 Å². The minimum absolute atomic E-state index is 0.287. The van der Waals surface area contributed by atoms with Crippen LogP contribution in [0.3, 0.4) is 0 Å². The second-order valence-corrected chi connectivity index (χ2v) is 9.34. The van der Waals surface area contributed by atoms with E-state index in [1.807, 2.05) is 0 Å². The monoisotopic (exact) mass is 277 g/mol. The van der Waals surface area contributed by atoms with E-state index in [1.54, 1.807) is 20.8 Å². The van der Waals surface area contributed by atoms with E-state index in [9.17, 15) is 8.42 Å². The number of sulfone groups is 1. The topological polar surface area (TPSA) is 46.2 Å². The minimum Gasteiger partial charge on any atom is -0.314 e. The van der Waals surface area contributed by atoms with E-state index in [0.29, 0.717) is 17.9 Å². The van der Waals surface area contributed by atoms with Gasteiger partial charge in [0.05, 0.1) is 10.5 Å². The number of rotatable bonds is 7. The lowest BCUT2D eigenvalue weighted by molar-refractivity contribution is 0.286. The molecule has 0 aliphatic rings. The molecule has 0 amide bonds. The molecule has 3 nitrogen and oxygen atoms in total. The standard InChI is InChI=1S/C14H31NO2S/c1-8-15-12(4)13(11(2)3)9-10-18(16,17)14(5,6)7/h11-13,15H,8-10H2,1-7H3. The summed E-state index contributed by atoms with van der Waals surface area (Å²) in [6, 6.07) is 0.366. The van der Waals surface area contributed by atoms with Crippen molar-refractivity contribution < 1.29 is 8.42 Å². The van der Waals surface area contributed by atoms with Gasteiger partial charge >= 0.3 is 0 Å². The van der Waals surface area contributed by atoms with Crippen LogP contribution in [0.15, 0.2) is 0 Å². The lowest BCUT2D eigenvalue weighted by Gasteiger charge is -2.29. The van der Waals surface area contributed by atoms with Gasteiger partial charge in [-0.15, -0.1) is 0 Å². The molecule has 0 fully saturated rings. The molecular weight excluding hydrogens is 246 g/mol. The zero-order valence-electron chi connectivity index (χ0n) is 13.1. The van der Waals surface area contributed by atoms with Crippen LogP contribution in [0.25, 0.3) is 0 Å². The molecule has 1 N–H and O–H groups in total. The van der Waals surface area contributed by atoms with Gasteiger partial charge in [0, 0.05) is 6.04 Å². The quantitative estimate of drug-likeness (QED) is 0.778. The molecule has 0 radical (unpaired) electrons. The average Bonchev–Trinajstić information content (AvgIpc) is 2.15. The second-order valence-electron chi connectivity index (χ2n) is 6.47. The summed E-state index contributed by atoms with van der Waals surface area (Å²) in [6.07, 6.45) is 0.742. The highest BCUT2D eigenvalue weighted by Crippen LogP contribution is 2.24. The maximum atomic E-state index is 12.1. The van der Waals surface area contributed by atoms with Crippen molar-refractivity contribution in [2.75, 3.05) is 12.3 Å². The van der Waals surface area contributed by atoms with E-state index in [4.69, 9.17) is 0 Å². The van der Waals surface area contributed by atoms with E-state index < -0.39 is 14.6 Å². The van der Waals surface area contributed by atoms with Crippen LogP contribution in [0.1, 0.15) is 54.9 Å². The van der Waals surface area contributed by atoms with Crippen LogP contribution < -0.4 is 5.32 Å². The van der Waals surface area contributed by atoms with Gasteiger partial charge in [-0.1, -0.05) is 20.8 Å². The van der Waals surface area contributed by atoms with Crippen molar-refractivity contribution in [3.8, 4) is 0 Å². The summed E-state index contributed by atoms with van der Waals surface area (Å²) in [5.74, 6) is 1.19. The van der Waals surface area contributed by atoms with E-state index in [2.05, 4.69) is 33.0 Å². The summed E-state index contributed by atoms with van der Waals surface area (Å²) in [6.45, 7) is 14.8. The number of hydrogen-bond acceptors (Lipinski definition) is 3. The first-order valence-corrected chi connectivity index (χ1v) is 8.63. The van der Waals surface area contributed by atoms with Gasteiger partial charge < -0.3 is 5.32 Å². The van der Waals surface area contributed by atoms with Gasteiger partial charge in [-0.05, 0) is 52.5 Å². The molecule has 0 aliphatic heterocycles. The van der Waals surface area contributed by atoms with E-state index >= 15 is 0 Å². The number of hydrogen-bond donors (Lipinski definition) is 1. The van der Waals surface area contributed by atoms with Crippen LogP contribution in [0.2, 0.25) is 0 Å². The van der Waals surface area contributed by atoms with Gasteiger partial charge in [0.15, 0.2) is 9.84 Å². The van der Waals surface area contributed by atoms with Crippen molar-refractivity contribution in [1.29, 1.82) is 0 Å². The predicted octanol–water partition coefficient (Wildman–Crippen LogP) is 2.86. The first kappa shape index (κ1) is 17.9. The summed E-state index contributed by atoms with van der Waals surface area (Å²) >= 11 is 0. The number of nitrogens with one attached hydrogen (secondary N) is 1. The van der Waals surface area contributed by atoms with Crippen molar-refractivity contribution in [3.05, 3.63) is 0 Å². The zero-order chi connectivity index (χ0) is 14.6. The van der Waals surface area contributed by atoms with Crippen molar-refractivity contribution in [2.24, 2.45) is 11.8 Å². The Hall–Kier alpha value is -0.0900. The first-order chi connectivity index (χ1) is 8.03. The third-order valence-electron chi connectivity index (χ3n) is 3.68. The lowest BCUT2D eigenvalue weighted by atomic mass is 9.87. The van der Waals surface area contributed by atoms with Crippen molar-refractivity contribution in [2.45, 2.75) is 65.7 Å². The van der Waals surface area contributed by atoms with Crippen LogP contribution >= 0.6 is 0 Å². The highest BCUT2D eigenvalue weighted by Gasteiger charge is 2.31. The largest absolute Gasteiger partial charge is 0.314 e. The van der Waals surface area contributed by atoms with Crippen molar-refractivity contribution in [1.82, 2.24) is 5.32 Å². The summed E-state index contributed by atoms with van der Waals surface area (Å²) in [5, 5.41) is 3.41. The fourth-order valence-electron chi connectivity index (χ4n) is 2.23. The fraction of sp³-hybridized carbons (Fsp3) is 1.00. The van der Waals surface area contributed by atoms with Gasteiger partial charge in [-0.2, -0.15) is 0 Å². The van der Waals surface area contributed by atoms with E-state index in [-0.39, 0.29) is 5.75 Å². The molecule has 0 aliphatic carbocycles. The molecule has 0 heterocycles. The smallest absolute Gasteiger partial charge is 0.155 e. The summed E-state index contributed by atoms with van der Waals surface area (Å²) in [7, 11) is -3.00. The SMILES string of the molecule is CCNC(C)C(CCS(=O)(=O)C(C)(C)C)C(C)C. The predicted molar refractivity (Wildman–Crippen MR) is 79.6 cm³/mol. The highest BCUT2D eigenvalue weighted by molar-refractivity contribution is 7.92. The van der Waals surface area contributed by atoms with Crippen LogP contribution in [-0.2, 0) is 9.84 Å². The molecule has 4 heteroatoms. The lowest BCUT2D eigenvalue weighted by Crippen LogP contribution is -2.38. The molecule has 0 spiro atoms. The van der Waals surface area contributed by atoms with Crippen LogP contribution in [0.5, 0.6) is 0 Å². The van der Waals surface area contributed by atoms with E-state index in [0.717, 1.165) is 13.0 Å². The maximum absolute atomic E-state index is 12.1. The molecule has 2 atom stereocenters. The van der Waals surface area contributed by atoms with Gasteiger partial charge in [0.1, 0.15) is 0 Å². The highest BCUT2D eigenvalue weighted by atomic mass is 32.2. The van der Waals surface area contributed by atoms with Crippen molar-refractivity contribution >= 4 is 9.84 Å². The Balaban J connectivity index is 4.65. The van der Waals surface area contributed by atoms with E-state index in [1.165, 1.54) is 0 Å². The third kappa shape index (κ3) is 5.27. The summed E-state index contributed by atoms with van der Waals surface area (Å²) in [5.41, 5.74) is 0. The molecule has 0 rings (SSSR count). The Morgan fingerprint density at radius 3 is 1.94 bits per heavy atom. The zero-order valence-corrected chi connectivity index (χ0v) is 13.9. The normalized spacial score (nSPS) is 16.9. The molecular formula is C14H31NO2S. The Bertz CT molecular complexity index is 328. The average molecular weight is 277 g/mol. The second kappa shape index (κ2) is 6.90. The first-order valence-electron chi connectivity index (χ1n) is 6.98. The molecule has 110 valence electrons. The molecule has 2 unspecified atom stereocenters. The molecule has 0 aromatic heterocycles. The van der Waals surface area contributed by atoms with Crippen molar-refractivity contribution in [3.63, 3.8) is 0 Å². The third-order valence-corrected chi connectivity index (χ3v) is 6.32. The Labute approximate surface area is 114 Å². The molecule has 0 bridgehead atoms. The molecule has 0 saturated carbocycles. The maximum Gasteiger partial charge on any atom is 0.155 e. The Morgan fingerprint density at radius 1 is 1.11 bits per heavy atom. The summed E-state index contributed by atoms with van der Waals surface area (Å²) < 4.78 is 23.6. The molecule has 0 aromatic carbocycles. The van der Waals surface area contributed by atoms with Crippen LogP contribution in [0.4, 0.5) is 0 Å². The Kier molecular flexibility index (Phi) is 6.86. The summed E-state index contributed by atoms with van der Waals surface area (Å²) in [4.78, 5) is 0. The molecule has 18 heavy (non-hydrogen) atoms. The molecule has 0 aromatic rings. The fourth-order valence-corrected chi connectivity index (χ4v) is 3.43. The van der Waals surface area contributed by atoms with Gasteiger partial charge in [0.2, 0.25) is 0 Å². The molecule has 0 saturated heterocycles.